The average Bonchev–Trinajstić information content (AvgIpc) is 0.722. The summed E-state index contributed by atoms with van der Waals surface area (Å²) >= 11 is 0. The van der Waals surface area contributed by atoms with E-state index in [-0.39, 0.29) is 16.3 Å². The third-order valence-electron chi connectivity index (χ3n) is 0. The molecule has 0 atom stereocenters. The van der Waals surface area contributed by atoms with Crippen LogP contribution in [0.5, 0.6) is 0 Å². The summed E-state index contributed by atoms with van der Waals surface area (Å²) in [4.78, 5) is 0. The monoisotopic (exact) mass is 124 g/mol. The molecule has 0 aliphatic carbocycles. The van der Waals surface area contributed by atoms with Crippen molar-refractivity contribution >= 4 is 0 Å². The normalized spacial score (nSPS) is 8.57. The Hall–Kier alpha value is -0.350. The average molecular weight is 124 g/mol. The van der Waals surface area contributed by atoms with Gasteiger partial charge in [0.05, 0.1) is 0 Å². The maximum atomic E-state index is 10.4. The van der Waals surface area contributed by atoms with Gasteiger partial charge >= 0.3 is 6.18 Å². The first-order valence-electron chi connectivity index (χ1n) is 1.07. The Kier molecular flexibility index (Phi) is 8.71. The zero-order chi connectivity index (χ0) is 4.50. The van der Waals surface area contributed by atoms with Crippen molar-refractivity contribution in [3.63, 3.8) is 0 Å². The molecule has 0 rings (SSSR count). The van der Waals surface area contributed by atoms with Crippen molar-refractivity contribution in [2.45, 2.75) is 13.1 Å². The quantitative estimate of drug-likeness (QED) is 0.432. The van der Waals surface area contributed by atoms with Crippen LogP contribution in [0.1, 0.15) is 6.92 Å². The molecule has 0 spiro atoms. The summed E-state index contributed by atoms with van der Waals surface area (Å²) in [6, 6.07) is 0. The molecule has 0 radical (unpaired) electrons. The SMILES string of the molecule is CC(F)(F)F.F.F. The van der Waals surface area contributed by atoms with Gasteiger partial charge in [0.15, 0.2) is 0 Å². The van der Waals surface area contributed by atoms with E-state index >= 15 is 0 Å². The molecule has 0 aromatic rings. The molecule has 0 nitrogen and oxygen atoms in total. The summed E-state index contributed by atoms with van der Waals surface area (Å²) in [6.45, 7) is 0.188. The fraction of sp³-hybridized carbons (Fsp3) is 1.00. The first-order chi connectivity index (χ1) is 2.00. The molecule has 5 heteroatoms. The van der Waals surface area contributed by atoms with Gasteiger partial charge in [0.1, 0.15) is 0 Å². The summed E-state index contributed by atoms with van der Waals surface area (Å²) in [5.41, 5.74) is 0. The molecule has 0 aromatic heterocycles. The maximum Gasteiger partial charge on any atom is 0.386 e. The minimum Gasteiger partial charge on any atom is -0.269 e. The molecular formula is C2H5F5. The summed E-state index contributed by atoms with van der Waals surface area (Å²) in [7, 11) is 0. The second-order valence-electron chi connectivity index (χ2n) is 0.781. The zero-order valence-electron chi connectivity index (χ0n) is 3.45. The molecule has 0 amide bonds. The van der Waals surface area contributed by atoms with Crippen molar-refractivity contribution in [1.29, 1.82) is 0 Å². The second-order valence-corrected chi connectivity index (χ2v) is 0.781. The van der Waals surface area contributed by atoms with Crippen LogP contribution < -0.4 is 0 Å². The van der Waals surface area contributed by atoms with Crippen LogP contribution in [-0.4, -0.2) is 6.18 Å². The molecule has 0 saturated heterocycles. The molecule has 0 aromatic carbocycles. The highest BCUT2D eigenvalue weighted by molar-refractivity contribution is 4.26. The summed E-state index contributed by atoms with van der Waals surface area (Å²) in [5, 5.41) is 0. The van der Waals surface area contributed by atoms with Gasteiger partial charge in [-0.15, -0.1) is 0 Å². The molecular weight excluding hydrogens is 119 g/mol. The van der Waals surface area contributed by atoms with Crippen molar-refractivity contribution < 1.29 is 22.6 Å². The lowest BCUT2D eigenvalue weighted by Crippen LogP contribution is -1.95. The highest BCUT2D eigenvalue weighted by Gasteiger charge is 2.15. The van der Waals surface area contributed by atoms with Gasteiger partial charge in [-0.2, -0.15) is 13.2 Å². The van der Waals surface area contributed by atoms with Crippen molar-refractivity contribution in [3.05, 3.63) is 0 Å². The van der Waals surface area contributed by atoms with E-state index in [9.17, 15) is 13.2 Å². The van der Waals surface area contributed by atoms with Gasteiger partial charge in [0.25, 0.3) is 0 Å². The number of alkyl halides is 3. The Morgan fingerprint density at radius 3 is 1.00 bits per heavy atom. The van der Waals surface area contributed by atoms with Gasteiger partial charge in [-0.3, -0.25) is 9.41 Å². The lowest BCUT2D eigenvalue weighted by Gasteiger charge is -1.88. The van der Waals surface area contributed by atoms with E-state index < -0.39 is 6.18 Å². The van der Waals surface area contributed by atoms with Crippen molar-refractivity contribution in [3.8, 4) is 0 Å². The Balaban J connectivity index is -0.0000000800. The Labute approximate surface area is 37.1 Å². The van der Waals surface area contributed by atoms with Crippen LogP contribution in [0.2, 0.25) is 0 Å². The van der Waals surface area contributed by atoms with E-state index in [0.717, 1.165) is 0 Å². The van der Waals surface area contributed by atoms with E-state index in [4.69, 9.17) is 0 Å². The van der Waals surface area contributed by atoms with Gasteiger partial charge in [0.2, 0.25) is 0 Å². The van der Waals surface area contributed by atoms with Crippen LogP contribution in [0.4, 0.5) is 22.6 Å². The summed E-state index contributed by atoms with van der Waals surface area (Å²) < 4.78 is 31.1. The van der Waals surface area contributed by atoms with Crippen LogP contribution in [-0.2, 0) is 0 Å². The standard InChI is InChI=1S/C2H3F3.2FH/c1-2(3,4)5;;/h1H3;2*1H. The van der Waals surface area contributed by atoms with Crippen LogP contribution in [0.25, 0.3) is 0 Å². The van der Waals surface area contributed by atoms with Crippen LogP contribution >= 0.6 is 0 Å². The van der Waals surface area contributed by atoms with Crippen LogP contribution in [0, 0.1) is 0 Å². The van der Waals surface area contributed by atoms with Crippen LogP contribution in [0.15, 0.2) is 0 Å². The third kappa shape index (κ3) is 614. The van der Waals surface area contributed by atoms with E-state index in [2.05, 4.69) is 0 Å². The molecule has 0 unspecified atom stereocenters. The van der Waals surface area contributed by atoms with Crippen LogP contribution in [0.3, 0.4) is 0 Å². The van der Waals surface area contributed by atoms with Gasteiger partial charge in [0, 0.05) is 6.92 Å². The molecule has 0 saturated carbocycles. The van der Waals surface area contributed by atoms with Crippen molar-refractivity contribution in [2.24, 2.45) is 0 Å². The molecule has 0 bridgehead atoms. The minimum absolute atomic E-state index is 0. The van der Waals surface area contributed by atoms with Crippen molar-refractivity contribution in [1.82, 2.24) is 0 Å². The Morgan fingerprint density at radius 1 is 1.00 bits per heavy atom. The van der Waals surface area contributed by atoms with Crippen molar-refractivity contribution in [2.75, 3.05) is 0 Å². The third-order valence-corrected chi connectivity index (χ3v) is 0. The predicted octanol–water partition coefficient (Wildman–Crippen LogP) is 1.87. The van der Waals surface area contributed by atoms with E-state index in [1.54, 1.807) is 0 Å². The molecule has 0 N–H and O–H groups in total. The molecule has 0 heterocycles. The van der Waals surface area contributed by atoms with E-state index in [1.807, 2.05) is 0 Å². The van der Waals surface area contributed by atoms with E-state index in [1.165, 1.54) is 0 Å². The topological polar surface area (TPSA) is 0 Å². The minimum atomic E-state index is -4.00. The lowest BCUT2D eigenvalue weighted by molar-refractivity contribution is -0.110. The summed E-state index contributed by atoms with van der Waals surface area (Å²) in [6.07, 6.45) is -4.00. The van der Waals surface area contributed by atoms with E-state index in [0.29, 0.717) is 0 Å². The predicted molar refractivity (Wildman–Crippen MR) is 16.7 cm³/mol. The largest absolute Gasteiger partial charge is 0.386 e. The highest BCUT2D eigenvalue weighted by Crippen LogP contribution is 2.10. The second kappa shape index (κ2) is 3.83. The number of hydrogen-bond acceptors (Lipinski definition) is 0. The van der Waals surface area contributed by atoms with Gasteiger partial charge < -0.3 is 0 Å². The van der Waals surface area contributed by atoms with Gasteiger partial charge in [-0.1, -0.05) is 0 Å². The number of rotatable bonds is 0. The smallest absolute Gasteiger partial charge is 0.269 e. The first kappa shape index (κ1) is 15.9. The first-order valence-corrected chi connectivity index (χ1v) is 1.07. The fourth-order valence-electron chi connectivity index (χ4n) is 0. The molecule has 0 fully saturated rings. The fourth-order valence-corrected chi connectivity index (χ4v) is 0. The van der Waals surface area contributed by atoms with Gasteiger partial charge in [-0.05, 0) is 0 Å². The summed E-state index contributed by atoms with van der Waals surface area (Å²) in [5.74, 6) is 0. The Morgan fingerprint density at radius 2 is 1.00 bits per heavy atom. The maximum absolute atomic E-state index is 10.4. The molecule has 0 aliphatic rings. The zero-order valence-corrected chi connectivity index (χ0v) is 3.45. The number of halogens is 5. The molecule has 0 aliphatic heterocycles. The van der Waals surface area contributed by atoms with Gasteiger partial charge in [-0.25, -0.2) is 0 Å². The number of hydrogen-bond donors (Lipinski definition) is 0. The highest BCUT2D eigenvalue weighted by atomic mass is 19.4. The lowest BCUT2D eigenvalue weighted by atomic mass is 10.8. The Bertz CT molecular complexity index is 21.6. The molecule has 48 valence electrons. The molecule has 7 heavy (non-hydrogen) atoms.